The monoisotopic (exact) mass is 342 g/mol. The highest BCUT2D eigenvalue weighted by molar-refractivity contribution is 9.12. The summed E-state index contributed by atoms with van der Waals surface area (Å²) in [6.45, 7) is 1.98. The fourth-order valence-corrected chi connectivity index (χ4v) is 2.03. The van der Waals surface area contributed by atoms with E-state index >= 15 is 0 Å². The Morgan fingerprint density at radius 1 is 1.10 bits per heavy atom. The summed E-state index contributed by atoms with van der Waals surface area (Å²) in [5.74, 6) is -0.230. The van der Waals surface area contributed by atoms with Gasteiger partial charge in [0.05, 0.1) is 6.21 Å². The van der Waals surface area contributed by atoms with Crippen LogP contribution in [0.5, 0.6) is 0 Å². The summed E-state index contributed by atoms with van der Waals surface area (Å²) in [5, 5.41) is 3.93. The highest BCUT2D eigenvalue weighted by Gasteiger charge is 2.02. The van der Waals surface area contributed by atoms with Crippen molar-refractivity contribution in [2.45, 2.75) is 6.92 Å². The molecule has 0 aliphatic carbocycles. The first-order chi connectivity index (χ1) is 10.1. The van der Waals surface area contributed by atoms with Crippen LogP contribution in [0.15, 0.2) is 64.2 Å². The predicted octanol–water partition coefficient (Wildman–Crippen LogP) is 4.15. The summed E-state index contributed by atoms with van der Waals surface area (Å²) in [5.41, 5.74) is 5.25. The number of carbonyl (C=O) groups excluding carboxylic acids is 1. The third kappa shape index (κ3) is 5.00. The van der Waals surface area contributed by atoms with Gasteiger partial charge in [0.25, 0.3) is 5.91 Å². The van der Waals surface area contributed by atoms with E-state index in [-0.39, 0.29) is 5.91 Å². The average molecular weight is 343 g/mol. The van der Waals surface area contributed by atoms with E-state index in [0.717, 1.165) is 15.6 Å². The van der Waals surface area contributed by atoms with Crippen molar-refractivity contribution in [3.05, 3.63) is 75.8 Å². The van der Waals surface area contributed by atoms with Crippen molar-refractivity contribution in [1.82, 2.24) is 5.43 Å². The van der Waals surface area contributed by atoms with Crippen LogP contribution >= 0.6 is 15.9 Å². The van der Waals surface area contributed by atoms with Crippen molar-refractivity contribution in [3.8, 4) is 0 Å². The van der Waals surface area contributed by atoms with Crippen LogP contribution in [0.1, 0.15) is 21.5 Å². The van der Waals surface area contributed by atoms with Crippen molar-refractivity contribution in [2.24, 2.45) is 5.10 Å². The molecule has 1 amide bonds. The van der Waals surface area contributed by atoms with Crippen LogP contribution in [-0.4, -0.2) is 12.1 Å². The summed E-state index contributed by atoms with van der Waals surface area (Å²) < 4.78 is 0.776. The Bertz CT molecular complexity index is 661. The highest BCUT2D eigenvalue weighted by Crippen LogP contribution is 2.09. The van der Waals surface area contributed by atoms with Crippen molar-refractivity contribution in [2.75, 3.05) is 0 Å². The Morgan fingerprint density at radius 3 is 2.43 bits per heavy atom. The van der Waals surface area contributed by atoms with E-state index in [1.807, 2.05) is 55.5 Å². The fraction of sp³-hybridized carbons (Fsp3) is 0.0588. The molecule has 2 rings (SSSR count). The zero-order chi connectivity index (χ0) is 15.1. The molecule has 0 fully saturated rings. The summed E-state index contributed by atoms with van der Waals surface area (Å²) in [6, 6.07) is 17.2. The maximum atomic E-state index is 11.8. The van der Waals surface area contributed by atoms with Gasteiger partial charge in [0.1, 0.15) is 0 Å². The van der Waals surface area contributed by atoms with Crippen molar-refractivity contribution >= 4 is 34.1 Å². The minimum absolute atomic E-state index is 0.230. The topological polar surface area (TPSA) is 41.5 Å². The Hall–Kier alpha value is -2.20. The average Bonchev–Trinajstić information content (AvgIpc) is 2.49. The van der Waals surface area contributed by atoms with Crippen LogP contribution < -0.4 is 5.43 Å². The molecule has 0 aliphatic heterocycles. The van der Waals surface area contributed by atoms with E-state index in [1.54, 1.807) is 18.3 Å². The molecule has 2 aromatic rings. The van der Waals surface area contributed by atoms with Crippen LogP contribution in [0, 0.1) is 6.92 Å². The van der Waals surface area contributed by atoms with Gasteiger partial charge < -0.3 is 0 Å². The quantitative estimate of drug-likeness (QED) is 0.658. The Kier molecular flexibility index (Phi) is 5.46. The molecule has 4 heteroatoms. The third-order valence-corrected chi connectivity index (χ3v) is 3.21. The largest absolute Gasteiger partial charge is 0.271 e. The summed E-state index contributed by atoms with van der Waals surface area (Å²) in [7, 11) is 0. The van der Waals surface area contributed by atoms with Gasteiger partial charge in [-0.15, -0.1) is 0 Å². The van der Waals surface area contributed by atoms with Gasteiger partial charge in [-0.3, -0.25) is 4.79 Å². The number of allylic oxidation sites excluding steroid dienone is 1. The molecule has 21 heavy (non-hydrogen) atoms. The number of hydrazone groups is 1. The molecule has 0 saturated carbocycles. The number of hydrogen-bond donors (Lipinski definition) is 1. The molecule has 0 radical (unpaired) electrons. The second-order valence-electron chi connectivity index (χ2n) is 4.51. The van der Waals surface area contributed by atoms with Gasteiger partial charge in [-0.1, -0.05) is 48.0 Å². The maximum Gasteiger partial charge on any atom is 0.271 e. The lowest BCUT2D eigenvalue weighted by Gasteiger charge is -2.00. The lowest BCUT2D eigenvalue weighted by Crippen LogP contribution is -2.17. The van der Waals surface area contributed by atoms with Gasteiger partial charge in [0, 0.05) is 10.0 Å². The summed E-state index contributed by atoms with van der Waals surface area (Å²) in [4.78, 5) is 11.8. The van der Waals surface area contributed by atoms with Gasteiger partial charge in [0.15, 0.2) is 0 Å². The molecule has 0 spiro atoms. The lowest BCUT2D eigenvalue weighted by molar-refractivity contribution is 0.0955. The molecule has 0 bridgehead atoms. The van der Waals surface area contributed by atoms with E-state index in [1.165, 1.54) is 0 Å². The van der Waals surface area contributed by atoms with Gasteiger partial charge in [-0.05, 0) is 46.6 Å². The molecular formula is C17H15BrN2O. The number of carbonyl (C=O) groups is 1. The molecule has 0 aliphatic rings. The molecule has 0 unspecified atom stereocenters. The Morgan fingerprint density at radius 2 is 1.76 bits per heavy atom. The maximum absolute atomic E-state index is 11.8. The number of benzene rings is 2. The molecule has 106 valence electrons. The van der Waals surface area contributed by atoms with Crippen molar-refractivity contribution in [3.63, 3.8) is 0 Å². The zero-order valence-corrected chi connectivity index (χ0v) is 13.2. The number of hydrogen-bond acceptors (Lipinski definition) is 2. The van der Waals surface area contributed by atoms with E-state index in [9.17, 15) is 4.79 Å². The van der Waals surface area contributed by atoms with Gasteiger partial charge >= 0.3 is 0 Å². The number of halogens is 1. The molecule has 3 nitrogen and oxygen atoms in total. The molecule has 0 atom stereocenters. The Balaban J connectivity index is 1.94. The standard InChI is InChI=1S/C17H15BrN2O/c1-13-7-9-15(10-8-13)17(21)20-19-12-16(18)11-14-5-3-2-4-6-14/h2-12H,1H3,(H,20,21)/b16-11-,19-12-. The highest BCUT2D eigenvalue weighted by atomic mass is 79.9. The van der Waals surface area contributed by atoms with Crippen LogP contribution in [0.3, 0.4) is 0 Å². The molecule has 0 aromatic heterocycles. The number of rotatable bonds is 4. The van der Waals surface area contributed by atoms with E-state index in [0.29, 0.717) is 5.56 Å². The number of amides is 1. The van der Waals surface area contributed by atoms with E-state index in [2.05, 4.69) is 26.5 Å². The summed E-state index contributed by atoms with van der Waals surface area (Å²) >= 11 is 3.39. The normalized spacial score (nSPS) is 11.6. The lowest BCUT2D eigenvalue weighted by atomic mass is 10.1. The summed E-state index contributed by atoms with van der Waals surface area (Å²) in [6.07, 6.45) is 3.47. The smallest absolute Gasteiger partial charge is 0.267 e. The zero-order valence-electron chi connectivity index (χ0n) is 11.6. The number of aryl methyl sites for hydroxylation is 1. The second-order valence-corrected chi connectivity index (χ2v) is 5.42. The second kappa shape index (κ2) is 7.55. The van der Waals surface area contributed by atoms with Crippen LogP contribution in [-0.2, 0) is 0 Å². The number of nitrogens with zero attached hydrogens (tertiary/aromatic N) is 1. The first-order valence-electron chi connectivity index (χ1n) is 6.47. The van der Waals surface area contributed by atoms with Gasteiger partial charge in [0.2, 0.25) is 0 Å². The van der Waals surface area contributed by atoms with E-state index in [4.69, 9.17) is 0 Å². The van der Waals surface area contributed by atoms with Crippen molar-refractivity contribution in [1.29, 1.82) is 0 Å². The molecule has 2 aromatic carbocycles. The molecular weight excluding hydrogens is 328 g/mol. The SMILES string of the molecule is Cc1ccc(C(=O)N/N=C\C(Br)=C\c2ccccc2)cc1. The minimum atomic E-state index is -0.230. The van der Waals surface area contributed by atoms with Crippen LogP contribution in [0.2, 0.25) is 0 Å². The Labute approximate surface area is 132 Å². The van der Waals surface area contributed by atoms with Crippen LogP contribution in [0.25, 0.3) is 6.08 Å². The predicted molar refractivity (Wildman–Crippen MR) is 90.5 cm³/mol. The molecule has 0 heterocycles. The number of nitrogens with one attached hydrogen (secondary N) is 1. The van der Waals surface area contributed by atoms with Gasteiger partial charge in [-0.2, -0.15) is 5.10 Å². The fourth-order valence-electron chi connectivity index (χ4n) is 1.67. The van der Waals surface area contributed by atoms with Crippen LogP contribution in [0.4, 0.5) is 0 Å². The molecule has 0 saturated heterocycles. The first kappa shape index (κ1) is 15.2. The minimum Gasteiger partial charge on any atom is -0.267 e. The van der Waals surface area contributed by atoms with Gasteiger partial charge in [-0.25, -0.2) is 5.43 Å². The van der Waals surface area contributed by atoms with E-state index < -0.39 is 0 Å². The third-order valence-electron chi connectivity index (χ3n) is 2.77. The first-order valence-corrected chi connectivity index (χ1v) is 7.27. The van der Waals surface area contributed by atoms with Crippen molar-refractivity contribution < 1.29 is 4.79 Å². The molecule has 1 N–H and O–H groups in total.